The van der Waals surface area contributed by atoms with E-state index >= 15 is 0 Å². The fourth-order valence-corrected chi connectivity index (χ4v) is 8.35. The van der Waals surface area contributed by atoms with Gasteiger partial charge in [-0.05, 0) is 69.8 Å². The minimum Gasteiger partial charge on any atom is -0.308 e. The predicted molar refractivity (Wildman–Crippen MR) is 151 cm³/mol. The highest BCUT2D eigenvalue weighted by molar-refractivity contribution is 7.91. The number of fused-ring (bicyclic) bond motifs is 1. The number of hydrogen-bond acceptors (Lipinski definition) is 8. The Morgan fingerprint density at radius 1 is 1.05 bits per heavy atom. The quantitative estimate of drug-likeness (QED) is 0.379. The van der Waals surface area contributed by atoms with Crippen LogP contribution in [0.15, 0.2) is 52.3 Å². The predicted octanol–water partition coefficient (Wildman–Crippen LogP) is 3.86. The summed E-state index contributed by atoms with van der Waals surface area (Å²) in [5.74, 6) is -0.333. The van der Waals surface area contributed by atoms with Crippen LogP contribution in [-0.2, 0) is 19.9 Å². The van der Waals surface area contributed by atoms with Crippen molar-refractivity contribution in [2.24, 2.45) is 0 Å². The molecule has 206 valence electrons. The molecule has 1 aliphatic rings. The molecule has 0 aliphatic carbocycles. The van der Waals surface area contributed by atoms with Gasteiger partial charge in [0.25, 0.3) is 5.91 Å². The van der Waals surface area contributed by atoms with Gasteiger partial charge in [-0.3, -0.25) is 9.69 Å². The van der Waals surface area contributed by atoms with Crippen molar-refractivity contribution in [3.8, 4) is 0 Å². The van der Waals surface area contributed by atoms with Crippen molar-refractivity contribution < 1.29 is 21.6 Å². The Morgan fingerprint density at radius 3 is 2.39 bits per heavy atom. The number of sulfonamides is 1. The Bertz CT molecular complexity index is 1520. The zero-order valence-electron chi connectivity index (χ0n) is 22.1. The van der Waals surface area contributed by atoms with E-state index in [-0.39, 0.29) is 21.7 Å². The van der Waals surface area contributed by atoms with E-state index in [2.05, 4.69) is 4.98 Å². The lowest BCUT2D eigenvalue weighted by Crippen LogP contribution is -2.43. The smallest absolute Gasteiger partial charge is 0.260 e. The lowest BCUT2D eigenvalue weighted by Gasteiger charge is -2.34. The molecule has 9 nitrogen and oxygen atoms in total. The van der Waals surface area contributed by atoms with Gasteiger partial charge in [0, 0.05) is 37.5 Å². The standard InChI is InChI=1S/C26H34N4O5S3/c1-5-20-9-6-7-16-30(20)38(34,35)21-14-12-19(13-15-21)25(31)29(18-17-28(2)3)26-27-24-22(36-26)10-8-11-23(24)37(4,32)33/h8,10-15,20H,5-7,9,16-18H2,1-4H3. The van der Waals surface area contributed by atoms with Crippen LogP contribution in [-0.4, -0.2) is 83.0 Å². The third-order valence-corrected chi connectivity index (χ3v) is 10.9. The first-order valence-corrected chi connectivity index (χ1v) is 16.8. The highest BCUT2D eigenvalue weighted by Crippen LogP contribution is 2.33. The molecule has 3 aromatic rings. The molecular formula is C26H34N4O5S3. The summed E-state index contributed by atoms with van der Waals surface area (Å²) in [6.45, 7) is 3.39. The second-order valence-electron chi connectivity index (χ2n) is 9.83. The number of anilines is 1. The summed E-state index contributed by atoms with van der Waals surface area (Å²) in [5, 5.41) is 0.388. The van der Waals surface area contributed by atoms with Gasteiger partial charge >= 0.3 is 0 Å². The average Bonchev–Trinajstić information content (AvgIpc) is 3.32. The molecule has 4 rings (SSSR count). The number of piperidine rings is 1. The Labute approximate surface area is 229 Å². The number of hydrogen-bond donors (Lipinski definition) is 0. The minimum atomic E-state index is -3.66. The third kappa shape index (κ3) is 5.94. The number of likely N-dealkylation sites (N-methyl/N-ethyl adjacent to an activating group) is 1. The second-order valence-corrected chi connectivity index (χ2v) is 14.7. The van der Waals surface area contributed by atoms with E-state index < -0.39 is 19.9 Å². The van der Waals surface area contributed by atoms with E-state index in [9.17, 15) is 21.6 Å². The van der Waals surface area contributed by atoms with Gasteiger partial charge in [0.2, 0.25) is 10.0 Å². The molecule has 1 fully saturated rings. The summed E-state index contributed by atoms with van der Waals surface area (Å²) in [7, 11) is -3.37. The van der Waals surface area contributed by atoms with Crippen LogP contribution < -0.4 is 4.90 Å². The van der Waals surface area contributed by atoms with Gasteiger partial charge in [0.15, 0.2) is 15.0 Å². The first-order chi connectivity index (χ1) is 17.9. The maximum Gasteiger partial charge on any atom is 0.260 e. The molecule has 2 heterocycles. The number of para-hydroxylation sites is 1. The monoisotopic (exact) mass is 578 g/mol. The minimum absolute atomic E-state index is 0.00700. The molecule has 12 heteroatoms. The molecule has 1 aromatic heterocycles. The van der Waals surface area contributed by atoms with Crippen molar-refractivity contribution in [2.45, 2.75) is 48.4 Å². The maximum atomic E-state index is 13.7. The van der Waals surface area contributed by atoms with Crippen LogP contribution in [0.5, 0.6) is 0 Å². The van der Waals surface area contributed by atoms with Crippen molar-refractivity contribution in [3.63, 3.8) is 0 Å². The molecule has 1 saturated heterocycles. The number of carbonyl (C=O) groups is 1. The molecule has 0 N–H and O–H groups in total. The number of sulfone groups is 1. The average molecular weight is 579 g/mol. The van der Waals surface area contributed by atoms with E-state index in [1.807, 2.05) is 25.9 Å². The Morgan fingerprint density at radius 2 is 1.76 bits per heavy atom. The van der Waals surface area contributed by atoms with Gasteiger partial charge in [-0.2, -0.15) is 4.31 Å². The number of thiazole rings is 1. The van der Waals surface area contributed by atoms with E-state index in [4.69, 9.17) is 0 Å². The number of nitrogens with zero attached hydrogens (tertiary/aromatic N) is 4. The van der Waals surface area contributed by atoms with Gasteiger partial charge in [0.05, 0.1) is 14.5 Å². The van der Waals surface area contributed by atoms with Crippen LogP contribution in [0.3, 0.4) is 0 Å². The van der Waals surface area contributed by atoms with Crippen LogP contribution >= 0.6 is 11.3 Å². The number of rotatable bonds is 9. The topological polar surface area (TPSA) is 108 Å². The summed E-state index contributed by atoms with van der Waals surface area (Å²) >= 11 is 1.25. The molecule has 2 aromatic carbocycles. The van der Waals surface area contributed by atoms with E-state index in [1.165, 1.54) is 46.6 Å². The van der Waals surface area contributed by atoms with Gasteiger partial charge in [0.1, 0.15) is 5.52 Å². The first-order valence-electron chi connectivity index (χ1n) is 12.6. The zero-order valence-corrected chi connectivity index (χ0v) is 24.6. The molecule has 1 aliphatic heterocycles. The van der Waals surface area contributed by atoms with Gasteiger partial charge in [-0.15, -0.1) is 0 Å². The van der Waals surface area contributed by atoms with Crippen molar-refractivity contribution in [1.29, 1.82) is 0 Å². The first kappa shape index (κ1) is 28.6. The van der Waals surface area contributed by atoms with Crippen LogP contribution in [0.1, 0.15) is 43.0 Å². The van der Waals surface area contributed by atoms with Crippen LogP contribution in [0.2, 0.25) is 0 Å². The van der Waals surface area contributed by atoms with Crippen molar-refractivity contribution in [1.82, 2.24) is 14.2 Å². The van der Waals surface area contributed by atoms with Crippen LogP contribution in [0.4, 0.5) is 5.13 Å². The largest absolute Gasteiger partial charge is 0.308 e. The number of carbonyl (C=O) groups excluding carboxylic acids is 1. The molecule has 1 atom stereocenters. The lowest BCUT2D eigenvalue weighted by molar-refractivity contribution is 0.0985. The van der Waals surface area contributed by atoms with Gasteiger partial charge in [-0.1, -0.05) is 30.7 Å². The summed E-state index contributed by atoms with van der Waals surface area (Å²) in [6, 6.07) is 11.0. The van der Waals surface area contributed by atoms with Crippen molar-refractivity contribution >= 4 is 52.5 Å². The Kier molecular flexibility index (Phi) is 8.58. The highest BCUT2D eigenvalue weighted by atomic mass is 32.2. The molecule has 0 bridgehead atoms. The summed E-state index contributed by atoms with van der Waals surface area (Å²) < 4.78 is 53.5. The summed E-state index contributed by atoms with van der Waals surface area (Å²) in [6.07, 6.45) is 4.63. The summed E-state index contributed by atoms with van der Waals surface area (Å²) in [5.41, 5.74) is 0.669. The normalized spacial score (nSPS) is 17.2. The number of benzene rings is 2. The van der Waals surface area contributed by atoms with Gasteiger partial charge in [-0.25, -0.2) is 21.8 Å². The Hall–Kier alpha value is -2.38. The molecule has 1 unspecified atom stereocenters. The lowest BCUT2D eigenvalue weighted by atomic mass is 10.0. The fraction of sp³-hybridized carbons (Fsp3) is 0.462. The Balaban J connectivity index is 1.67. The van der Waals surface area contributed by atoms with E-state index in [1.54, 1.807) is 16.4 Å². The summed E-state index contributed by atoms with van der Waals surface area (Å²) in [4.78, 5) is 22.0. The van der Waals surface area contributed by atoms with Gasteiger partial charge < -0.3 is 4.90 Å². The van der Waals surface area contributed by atoms with Crippen molar-refractivity contribution in [3.05, 3.63) is 48.0 Å². The molecule has 1 amide bonds. The van der Waals surface area contributed by atoms with Crippen LogP contribution in [0, 0.1) is 0 Å². The second kappa shape index (κ2) is 11.4. The maximum absolute atomic E-state index is 13.7. The van der Waals surface area contributed by atoms with E-state index in [0.717, 1.165) is 31.9 Å². The molecule has 0 saturated carbocycles. The zero-order chi connectivity index (χ0) is 27.7. The van der Waals surface area contributed by atoms with E-state index in [0.29, 0.717) is 40.5 Å². The number of amides is 1. The molecular weight excluding hydrogens is 545 g/mol. The SMILES string of the molecule is CCC1CCCCN1S(=O)(=O)c1ccc(C(=O)N(CCN(C)C)c2nc3c(S(C)(=O)=O)cccc3s2)cc1. The van der Waals surface area contributed by atoms with Crippen LogP contribution in [0.25, 0.3) is 10.2 Å². The van der Waals surface area contributed by atoms with Crippen molar-refractivity contribution in [2.75, 3.05) is 44.9 Å². The highest BCUT2D eigenvalue weighted by Gasteiger charge is 2.33. The molecule has 38 heavy (non-hydrogen) atoms. The number of aromatic nitrogens is 1. The third-order valence-electron chi connectivity index (χ3n) is 6.77. The molecule has 0 spiro atoms. The fourth-order valence-electron chi connectivity index (χ4n) is 4.67. The molecule has 0 radical (unpaired) electrons.